The van der Waals surface area contributed by atoms with E-state index in [-0.39, 0.29) is 6.03 Å². The second kappa shape index (κ2) is 13.1. The highest BCUT2D eigenvalue weighted by Gasteiger charge is 2.30. The van der Waals surface area contributed by atoms with E-state index in [0.29, 0.717) is 42.5 Å². The van der Waals surface area contributed by atoms with Crippen molar-refractivity contribution >= 4 is 50.7 Å². The molecular formula is C24H29BrF3N5OS. The number of nitrogens with zero attached hydrogens (tertiary/aromatic N) is 2. The molecule has 2 aromatic rings. The Morgan fingerprint density at radius 3 is 2.20 bits per heavy atom. The van der Waals surface area contributed by atoms with Crippen LogP contribution in [0.4, 0.5) is 29.3 Å². The van der Waals surface area contributed by atoms with Crippen LogP contribution in [0.5, 0.6) is 0 Å². The average molecular weight is 572 g/mol. The predicted octanol–water partition coefficient (Wildman–Crippen LogP) is 5.77. The van der Waals surface area contributed by atoms with Gasteiger partial charge in [-0.15, -0.1) is 0 Å². The van der Waals surface area contributed by atoms with E-state index < -0.39 is 11.7 Å². The second-order valence-electron chi connectivity index (χ2n) is 8.28. The molecule has 0 bridgehead atoms. The van der Waals surface area contributed by atoms with Gasteiger partial charge in [-0.2, -0.15) is 13.2 Å². The number of thiocarbonyl (C=S) groups is 1. The number of benzene rings is 2. The van der Waals surface area contributed by atoms with Crippen LogP contribution in [0.3, 0.4) is 0 Å². The molecule has 1 aliphatic heterocycles. The molecule has 6 nitrogen and oxygen atoms in total. The Labute approximate surface area is 217 Å². The van der Waals surface area contributed by atoms with Crippen LogP contribution in [0.25, 0.3) is 0 Å². The Bertz CT molecular complexity index is 967. The van der Waals surface area contributed by atoms with Crippen LogP contribution in [0.1, 0.15) is 24.8 Å². The van der Waals surface area contributed by atoms with Crippen molar-refractivity contribution in [3.63, 3.8) is 0 Å². The van der Waals surface area contributed by atoms with Crippen molar-refractivity contribution in [2.24, 2.45) is 0 Å². The first-order valence-electron chi connectivity index (χ1n) is 11.5. The van der Waals surface area contributed by atoms with Gasteiger partial charge in [0.15, 0.2) is 5.11 Å². The van der Waals surface area contributed by atoms with Gasteiger partial charge in [-0.05, 0) is 93.1 Å². The van der Waals surface area contributed by atoms with Gasteiger partial charge in [0.05, 0.1) is 5.56 Å². The van der Waals surface area contributed by atoms with Gasteiger partial charge in [-0.3, -0.25) is 0 Å². The zero-order valence-corrected chi connectivity index (χ0v) is 21.6. The molecule has 0 spiro atoms. The predicted molar refractivity (Wildman–Crippen MR) is 141 cm³/mol. The molecule has 1 saturated heterocycles. The summed E-state index contributed by atoms with van der Waals surface area (Å²) >= 11 is 8.93. The monoisotopic (exact) mass is 571 g/mol. The third-order valence-electron chi connectivity index (χ3n) is 5.63. The van der Waals surface area contributed by atoms with Gasteiger partial charge < -0.3 is 25.8 Å². The van der Waals surface area contributed by atoms with Gasteiger partial charge in [-0.1, -0.05) is 15.9 Å². The van der Waals surface area contributed by atoms with Crippen LogP contribution in [0.2, 0.25) is 0 Å². The average Bonchev–Trinajstić information content (AvgIpc) is 3.33. The molecule has 2 aromatic carbocycles. The zero-order chi connectivity index (χ0) is 25.3. The Morgan fingerprint density at radius 1 is 0.971 bits per heavy atom. The Morgan fingerprint density at radius 2 is 1.57 bits per heavy atom. The van der Waals surface area contributed by atoms with Crippen molar-refractivity contribution in [3.05, 3.63) is 58.6 Å². The highest BCUT2D eigenvalue weighted by atomic mass is 79.9. The molecule has 0 unspecified atom stereocenters. The van der Waals surface area contributed by atoms with Crippen LogP contribution < -0.4 is 16.0 Å². The van der Waals surface area contributed by atoms with Gasteiger partial charge >= 0.3 is 12.2 Å². The molecule has 190 valence electrons. The molecule has 2 amide bonds. The van der Waals surface area contributed by atoms with Crippen molar-refractivity contribution in [2.45, 2.75) is 25.4 Å². The van der Waals surface area contributed by atoms with Crippen molar-refractivity contribution < 1.29 is 18.0 Å². The van der Waals surface area contributed by atoms with Gasteiger partial charge in [-0.25, -0.2) is 4.79 Å². The molecule has 1 fully saturated rings. The van der Waals surface area contributed by atoms with Gasteiger partial charge in [0.1, 0.15) is 0 Å². The van der Waals surface area contributed by atoms with Crippen LogP contribution in [0.15, 0.2) is 53.0 Å². The molecule has 11 heteroatoms. The molecule has 0 radical (unpaired) electrons. The van der Waals surface area contributed by atoms with Gasteiger partial charge in [0.25, 0.3) is 0 Å². The lowest BCUT2D eigenvalue weighted by molar-refractivity contribution is -0.137. The summed E-state index contributed by atoms with van der Waals surface area (Å²) in [6.45, 7) is 4.71. The lowest BCUT2D eigenvalue weighted by Crippen LogP contribution is -2.41. The number of carbonyl (C=O) groups excluding carboxylic acids is 1. The van der Waals surface area contributed by atoms with E-state index in [1.54, 1.807) is 12.1 Å². The first kappa shape index (κ1) is 27.2. The maximum absolute atomic E-state index is 12.8. The normalized spacial score (nSPS) is 13.9. The van der Waals surface area contributed by atoms with Crippen molar-refractivity contribution in [1.29, 1.82) is 0 Å². The number of carbonyl (C=O) groups is 1. The lowest BCUT2D eigenvalue weighted by atomic mass is 10.2. The minimum atomic E-state index is -4.38. The number of halogens is 4. The van der Waals surface area contributed by atoms with Crippen molar-refractivity contribution in [2.75, 3.05) is 49.9 Å². The smallest absolute Gasteiger partial charge is 0.348 e. The summed E-state index contributed by atoms with van der Waals surface area (Å²) < 4.78 is 39.4. The number of amides is 2. The Kier molecular flexibility index (Phi) is 10.2. The molecule has 3 N–H and O–H groups in total. The molecule has 35 heavy (non-hydrogen) atoms. The van der Waals surface area contributed by atoms with E-state index in [4.69, 9.17) is 12.2 Å². The van der Waals surface area contributed by atoms with E-state index in [2.05, 4.69) is 36.8 Å². The highest BCUT2D eigenvalue weighted by molar-refractivity contribution is 9.10. The van der Waals surface area contributed by atoms with E-state index >= 15 is 0 Å². The minimum Gasteiger partial charge on any atom is -0.348 e. The fraction of sp³-hybridized carbons (Fsp3) is 0.417. The fourth-order valence-electron chi connectivity index (χ4n) is 3.71. The van der Waals surface area contributed by atoms with Crippen LogP contribution in [0, 0.1) is 0 Å². The summed E-state index contributed by atoms with van der Waals surface area (Å²) in [6, 6.07) is 11.8. The maximum Gasteiger partial charge on any atom is 0.416 e. The number of hydrogen-bond acceptors (Lipinski definition) is 3. The molecule has 3 rings (SSSR count). The van der Waals surface area contributed by atoms with Crippen LogP contribution in [-0.2, 0) is 6.18 Å². The summed E-state index contributed by atoms with van der Waals surface area (Å²) in [7, 11) is 0. The summed E-state index contributed by atoms with van der Waals surface area (Å²) in [5.41, 5.74) is 0.494. The zero-order valence-electron chi connectivity index (χ0n) is 19.2. The fourth-order valence-corrected chi connectivity index (χ4v) is 4.27. The molecule has 1 aliphatic rings. The summed E-state index contributed by atoms with van der Waals surface area (Å²) in [5, 5.41) is 9.12. The van der Waals surface area contributed by atoms with Gasteiger partial charge in [0, 0.05) is 42.0 Å². The first-order chi connectivity index (χ1) is 16.7. The number of nitrogens with one attached hydrogen (secondary N) is 3. The van der Waals surface area contributed by atoms with E-state index in [0.717, 1.165) is 36.2 Å². The standard InChI is InChI=1S/C24H29BrF3N5OS/c25-19-6-10-20(11-7-19)30-22(34)29-12-3-15-33(17-16-32-13-1-2-14-32)23(35)31-21-8-4-18(5-9-21)24(26,27)28/h4-11H,1-3,12-17H2,(H,31,35)(H2,29,30,34). The summed E-state index contributed by atoms with van der Waals surface area (Å²) in [6.07, 6.45) is -1.35. The third kappa shape index (κ3) is 9.30. The van der Waals surface area contributed by atoms with E-state index in [1.807, 2.05) is 17.0 Å². The quantitative estimate of drug-likeness (QED) is 0.263. The first-order valence-corrected chi connectivity index (χ1v) is 12.7. The number of alkyl halides is 3. The maximum atomic E-state index is 12.8. The summed E-state index contributed by atoms with van der Waals surface area (Å²) in [4.78, 5) is 16.5. The Balaban J connectivity index is 1.49. The molecule has 1 heterocycles. The molecule has 0 saturated carbocycles. The number of anilines is 2. The largest absolute Gasteiger partial charge is 0.416 e. The number of urea groups is 1. The van der Waals surface area contributed by atoms with Crippen LogP contribution >= 0.6 is 28.1 Å². The topological polar surface area (TPSA) is 59.6 Å². The second-order valence-corrected chi connectivity index (χ2v) is 9.58. The molecule has 0 aromatic heterocycles. The third-order valence-corrected chi connectivity index (χ3v) is 6.52. The van der Waals surface area contributed by atoms with E-state index in [9.17, 15) is 18.0 Å². The van der Waals surface area contributed by atoms with Gasteiger partial charge in [0.2, 0.25) is 0 Å². The molecular weight excluding hydrogens is 543 g/mol. The number of hydrogen-bond donors (Lipinski definition) is 3. The number of likely N-dealkylation sites (tertiary alicyclic amines) is 1. The Hall–Kier alpha value is -2.37. The van der Waals surface area contributed by atoms with Crippen molar-refractivity contribution in [3.8, 4) is 0 Å². The molecule has 0 aliphatic carbocycles. The van der Waals surface area contributed by atoms with Crippen LogP contribution in [-0.4, -0.2) is 60.2 Å². The van der Waals surface area contributed by atoms with E-state index in [1.165, 1.54) is 25.0 Å². The van der Waals surface area contributed by atoms with Crippen molar-refractivity contribution in [1.82, 2.24) is 15.1 Å². The molecule has 0 atom stereocenters. The summed E-state index contributed by atoms with van der Waals surface area (Å²) in [5.74, 6) is 0. The minimum absolute atomic E-state index is 0.290. The highest BCUT2D eigenvalue weighted by Crippen LogP contribution is 2.29. The SMILES string of the molecule is O=C(NCCCN(CCN1CCCC1)C(=S)Nc1ccc(C(F)(F)F)cc1)Nc1ccc(Br)cc1. The lowest BCUT2D eigenvalue weighted by Gasteiger charge is -2.28. The number of rotatable bonds is 9.